The van der Waals surface area contributed by atoms with Crippen molar-refractivity contribution in [1.29, 1.82) is 0 Å². The highest BCUT2D eigenvalue weighted by Gasteiger charge is 2.77. The van der Waals surface area contributed by atoms with E-state index in [1.807, 2.05) is 24.8 Å². The average Bonchev–Trinajstić information content (AvgIpc) is 3.17. The SMILES string of the molecule is COc1ccc2c3c1C(=O)CC(C)(C)N3C(=O)[C@]21C[C@]2([NH+]([O-])O)CN3CCCC[C@H]3C[C@@H]2C1(C)C. The highest BCUT2D eigenvalue weighted by atomic mass is 16.8. The van der Waals surface area contributed by atoms with Crippen LogP contribution >= 0.6 is 0 Å². The predicted molar refractivity (Wildman–Crippen MR) is 130 cm³/mol. The lowest BCUT2D eigenvalue weighted by atomic mass is 9.60. The monoisotopic (exact) mass is 483 g/mol. The Morgan fingerprint density at radius 1 is 1.17 bits per heavy atom. The molecule has 1 unspecified atom stereocenters. The van der Waals surface area contributed by atoms with E-state index < -0.39 is 27.1 Å². The van der Waals surface area contributed by atoms with Crippen LogP contribution in [-0.4, -0.2) is 59.1 Å². The van der Waals surface area contributed by atoms with Crippen molar-refractivity contribution in [2.75, 3.05) is 25.1 Å². The molecule has 8 nitrogen and oxygen atoms in total. The number of methoxy groups -OCH3 is 1. The zero-order chi connectivity index (χ0) is 25.1. The third kappa shape index (κ3) is 2.61. The number of benzene rings is 1. The average molecular weight is 484 g/mol. The van der Waals surface area contributed by atoms with Gasteiger partial charge in [0.15, 0.2) is 5.78 Å². The molecule has 4 aliphatic heterocycles. The second-order valence-corrected chi connectivity index (χ2v) is 12.8. The van der Waals surface area contributed by atoms with Crippen molar-refractivity contribution in [3.63, 3.8) is 0 Å². The van der Waals surface area contributed by atoms with Crippen LogP contribution in [0.4, 0.5) is 5.69 Å². The Kier molecular flexibility index (Phi) is 4.72. The zero-order valence-electron chi connectivity index (χ0n) is 21.4. The van der Waals surface area contributed by atoms with Gasteiger partial charge in [0.2, 0.25) is 5.91 Å². The molecule has 35 heavy (non-hydrogen) atoms. The number of rotatable bonds is 2. The fourth-order valence-electron chi connectivity index (χ4n) is 8.89. The summed E-state index contributed by atoms with van der Waals surface area (Å²) >= 11 is 0. The number of nitrogens with zero attached hydrogens (tertiary/aromatic N) is 2. The van der Waals surface area contributed by atoms with Crippen LogP contribution < -0.4 is 14.9 Å². The number of ketones is 1. The predicted octanol–water partition coefficient (Wildman–Crippen LogP) is 2.46. The molecule has 0 aromatic heterocycles. The van der Waals surface area contributed by atoms with Gasteiger partial charge in [-0.3, -0.25) is 14.5 Å². The molecule has 1 aliphatic carbocycles. The second kappa shape index (κ2) is 7.06. The summed E-state index contributed by atoms with van der Waals surface area (Å²) in [4.78, 5) is 32.3. The Morgan fingerprint density at radius 2 is 1.91 bits per heavy atom. The first kappa shape index (κ1) is 23.4. The van der Waals surface area contributed by atoms with Crippen LogP contribution in [0.2, 0.25) is 0 Å². The standard InChI is InChI=1S/C27H37N3O5/c1-24(2)13-18(31)21-19(35-5)10-9-17-22(21)29(24)23(32)27(17)14-26(30(33)34)15-28-11-7-6-8-16(28)12-20(26)25(27,3)4/h9-10,16,20,30,33H,6-8,11-15H2,1-5H3/t16-,20+,26-,27-/m0/s1. The first-order valence-electron chi connectivity index (χ1n) is 13.0. The third-order valence-corrected chi connectivity index (χ3v) is 10.5. The molecule has 3 fully saturated rings. The van der Waals surface area contributed by atoms with Gasteiger partial charge in [0.25, 0.3) is 0 Å². The number of nitrogens with one attached hydrogen (secondary N) is 1. The van der Waals surface area contributed by atoms with Gasteiger partial charge in [0.1, 0.15) is 11.3 Å². The summed E-state index contributed by atoms with van der Waals surface area (Å²) in [7, 11) is 1.55. The third-order valence-electron chi connectivity index (χ3n) is 10.5. The number of hydrogen-bond donors (Lipinski definition) is 2. The van der Waals surface area contributed by atoms with Crippen LogP contribution in [0, 0.1) is 16.5 Å². The van der Waals surface area contributed by atoms with E-state index >= 15 is 0 Å². The summed E-state index contributed by atoms with van der Waals surface area (Å²) in [6.45, 7) is 9.54. The van der Waals surface area contributed by atoms with Crippen molar-refractivity contribution in [3.8, 4) is 5.75 Å². The number of carbonyl (C=O) groups excluding carboxylic acids is 2. The Labute approximate surface area is 206 Å². The van der Waals surface area contributed by atoms with Crippen LogP contribution in [0.5, 0.6) is 5.75 Å². The van der Waals surface area contributed by atoms with Crippen molar-refractivity contribution in [2.24, 2.45) is 11.3 Å². The first-order valence-corrected chi connectivity index (χ1v) is 13.0. The molecule has 0 bridgehead atoms. The van der Waals surface area contributed by atoms with Crippen molar-refractivity contribution < 1.29 is 24.8 Å². The lowest BCUT2D eigenvalue weighted by molar-refractivity contribution is -1.09. The van der Waals surface area contributed by atoms with Crippen molar-refractivity contribution in [1.82, 2.24) is 4.90 Å². The van der Waals surface area contributed by atoms with Crippen LogP contribution in [0.3, 0.4) is 0 Å². The summed E-state index contributed by atoms with van der Waals surface area (Å²) in [6.07, 6.45) is 4.65. The second-order valence-electron chi connectivity index (χ2n) is 12.8. The van der Waals surface area contributed by atoms with E-state index in [2.05, 4.69) is 18.7 Å². The molecule has 5 aliphatic rings. The molecule has 2 N–H and O–H groups in total. The molecule has 6 rings (SSSR count). The number of quaternary nitrogens is 1. The maximum atomic E-state index is 14.7. The zero-order valence-corrected chi connectivity index (χ0v) is 21.4. The molecule has 2 saturated heterocycles. The number of carbonyl (C=O) groups is 2. The Morgan fingerprint density at radius 3 is 2.60 bits per heavy atom. The minimum Gasteiger partial charge on any atom is -0.600 e. The summed E-state index contributed by atoms with van der Waals surface area (Å²) in [5.41, 5.74) is -1.33. The minimum absolute atomic E-state index is 0.0249. The van der Waals surface area contributed by atoms with Crippen LogP contribution in [0.1, 0.15) is 82.1 Å². The number of hydroxylamine groups is 2. The Hall–Kier alpha value is -2.00. The maximum Gasteiger partial charge on any atom is 0.239 e. The quantitative estimate of drug-likeness (QED) is 0.628. The fourth-order valence-corrected chi connectivity index (χ4v) is 8.89. The molecule has 1 amide bonds. The number of piperidine rings is 2. The number of hydrogen-bond acceptors (Lipinski definition) is 6. The van der Waals surface area contributed by atoms with E-state index in [1.165, 1.54) is 6.42 Å². The minimum atomic E-state index is -0.997. The number of ether oxygens (including phenoxy) is 1. The first-order chi connectivity index (χ1) is 16.4. The van der Waals surface area contributed by atoms with E-state index in [9.17, 15) is 20.0 Å². The van der Waals surface area contributed by atoms with E-state index in [0.717, 1.165) is 31.4 Å². The number of Topliss-reactive ketones (excluding diaryl/α,β-unsaturated/α-hetero) is 1. The van der Waals surface area contributed by atoms with Gasteiger partial charge in [-0.2, -0.15) is 0 Å². The van der Waals surface area contributed by atoms with Gasteiger partial charge in [0, 0.05) is 30.3 Å². The summed E-state index contributed by atoms with van der Waals surface area (Å²) in [5, 5.41) is 23.2. The maximum absolute atomic E-state index is 14.7. The van der Waals surface area contributed by atoms with Crippen LogP contribution in [-0.2, 0) is 10.2 Å². The van der Waals surface area contributed by atoms with Gasteiger partial charge in [-0.05, 0) is 56.7 Å². The Balaban J connectivity index is 1.61. The summed E-state index contributed by atoms with van der Waals surface area (Å²) < 4.78 is 5.58. The molecular formula is C27H37N3O5. The van der Waals surface area contributed by atoms with Gasteiger partial charge < -0.3 is 14.8 Å². The topological polar surface area (TPSA) is 97.6 Å². The van der Waals surface area contributed by atoms with E-state index in [1.54, 1.807) is 13.2 Å². The van der Waals surface area contributed by atoms with E-state index in [-0.39, 0.29) is 30.4 Å². The molecule has 0 radical (unpaired) electrons. The fraction of sp³-hybridized carbons (Fsp3) is 0.704. The molecule has 5 atom stereocenters. The van der Waals surface area contributed by atoms with E-state index in [0.29, 0.717) is 29.6 Å². The highest BCUT2D eigenvalue weighted by molar-refractivity contribution is 6.19. The highest BCUT2D eigenvalue weighted by Crippen LogP contribution is 2.69. The molecular weight excluding hydrogens is 446 g/mol. The number of anilines is 1. The molecule has 1 aromatic carbocycles. The molecule has 4 heterocycles. The van der Waals surface area contributed by atoms with Crippen LogP contribution in [0.15, 0.2) is 12.1 Å². The number of fused-ring (bicyclic) bond motifs is 3. The summed E-state index contributed by atoms with van der Waals surface area (Å²) in [5.74, 6) is 0.284. The van der Waals surface area contributed by atoms with Crippen molar-refractivity contribution in [3.05, 3.63) is 28.5 Å². The van der Waals surface area contributed by atoms with Crippen molar-refractivity contribution in [2.45, 2.75) is 88.8 Å². The molecule has 190 valence electrons. The molecule has 1 aromatic rings. The largest absolute Gasteiger partial charge is 0.600 e. The molecule has 1 spiro atoms. The van der Waals surface area contributed by atoms with E-state index in [4.69, 9.17) is 4.74 Å². The van der Waals surface area contributed by atoms with Crippen LogP contribution in [0.25, 0.3) is 0 Å². The number of amides is 1. The van der Waals surface area contributed by atoms with Gasteiger partial charge in [-0.25, -0.2) is 10.4 Å². The Bertz CT molecular complexity index is 1130. The van der Waals surface area contributed by atoms with Gasteiger partial charge in [-0.15, -0.1) is 0 Å². The lowest BCUT2D eigenvalue weighted by Crippen LogP contribution is -3.16. The van der Waals surface area contributed by atoms with Crippen molar-refractivity contribution >= 4 is 17.4 Å². The molecule has 1 saturated carbocycles. The molecule has 8 heteroatoms. The van der Waals surface area contributed by atoms with Gasteiger partial charge in [-0.1, -0.05) is 26.3 Å². The smallest absolute Gasteiger partial charge is 0.239 e. The summed E-state index contributed by atoms with van der Waals surface area (Å²) in [6, 6.07) is 4.12. The van der Waals surface area contributed by atoms with Gasteiger partial charge >= 0.3 is 0 Å². The lowest BCUT2D eigenvalue weighted by Gasteiger charge is -2.53. The normalized spacial score (nSPS) is 37.7. The van der Waals surface area contributed by atoms with Gasteiger partial charge in [0.05, 0.1) is 30.3 Å².